The second-order valence-corrected chi connectivity index (χ2v) is 6.49. The van der Waals surface area contributed by atoms with Crippen LogP contribution in [0.15, 0.2) is 48.8 Å². The van der Waals surface area contributed by atoms with Crippen molar-refractivity contribution in [2.75, 3.05) is 18.9 Å². The van der Waals surface area contributed by atoms with Crippen LogP contribution in [0.3, 0.4) is 0 Å². The van der Waals surface area contributed by atoms with Gasteiger partial charge in [-0.3, -0.25) is 14.6 Å². The summed E-state index contributed by atoms with van der Waals surface area (Å²) < 4.78 is 0. The maximum atomic E-state index is 12.5. The molecule has 132 valence electrons. The minimum atomic E-state index is -0.276. The first-order valence-corrected chi connectivity index (χ1v) is 8.53. The first-order valence-electron chi connectivity index (χ1n) is 8.53. The molecule has 1 aliphatic rings. The number of pyridine rings is 1. The van der Waals surface area contributed by atoms with E-state index in [4.69, 9.17) is 5.26 Å². The second-order valence-electron chi connectivity index (χ2n) is 6.49. The summed E-state index contributed by atoms with van der Waals surface area (Å²) in [5.41, 5.74) is 2.31. The monoisotopic (exact) mass is 348 g/mol. The Hall–Kier alpha value is -3.20. The van der Waals surface area contributed by atoms with Gasteiger partial charge in [0.1, 0.15) is 0 Å². The number of nitrogens with one attached hydrogen (secondary N) is 1. The summed E-state index contributed by atoms with van der Waals surface area (Å²) in [5.74, 6) is -0.646. The fraction of sp³-hybridized carbons (Fsp3) is 0.300. The van der Waals surface area contributed by atoms with Gasteiger partial charge in [-0.15, -0.1) is 0 Å². The summed E-state index contributed by atoms with van der Waals surface area (Å²) in [6.07, 6.45) is 4.82. The van der Waals surface area contributed by atoms with Crippen molar-refractivity contribution in [1.82, 2.24) is 9.88 Å². The molecule has 26 heavy (non-hydrogen) atoms. The first-order chi connectivity index (χ1) is 12.6. The molecule has 0 spiro atoms. The summed E-state index contributed by atoms with van der Waals surface area (Å²) in [6, 6.07) is 12.6. The van der Waals surface area contributed by atoms with Crippen molar-refractivity contribution in [2.24, 2.45) is 11.8 Å². The molecule has 0 aliphatic heterocycles. The van der Waals surface area contributed by atoms with Crippen molar-refractivity contribution in [3.8, 4) is 6.07 Å². The van der Waals surface area contributed by atoms with Crippen molar-refractivity contribution in [3.05, 3.63) is 59.9 Å². The molecule has 2 aromatic rings. The molecule has 0 bridgehead atoms. The lowest BCUT2D eigenvalue weighted by molar-refractivity contribution is -0.132. The highest BCUT2D eigenvalue weighted by Crippen LogP contribution is 2.40. The van der Waals surface area contributed by atoms with Crippen molar-refractivity contribution in [1.29, 1.82) is 5.26 Å². The SMILES string of the molecule is CN(CCc1ccncc1)C(=O)C1CC1C(=O)Nc1ccc(C#N)cc1. The Bertz CT molecular complexity index is 827. The van der Waals surface area contributed by atoms with Crippen molar-refractivity contribution in [2.45, 2.75) is 12.8 Å². The van der Waals surface area contributed by atoms with E-state index in [0.717, 1.165) is 12.0 Å². The highest BCUT2D eigenvalue weighted by atomic mass is 16.2. The Kier molecular flexibility index (Phi) is 5.28. The summed E-state index contributed by atoms with van der Waals surface area (Å²) in [4.78, 5) is 30.4. The zero-order valence-corrected chi connectivity index (χ0v) is 14.6. The summed E-state index contributed by atoms with van der Waals surface area (Å²) >= 11 is 0. The summed E-state index contributed by atoms with van der Waals surface area (Å²) in [5, 5.41) is 11.6. The van der Waals surface area contributed by atoms with E-state index in [-0.39, 0.29) is 23.7 Å². The van der Waals surface area contributed by atoms with Crippen LogP contribution >= 0.6 is 0 Å². The van der Waals surface area contributed by atoms with E-state index < -0.39 is 0 Å². The molecule has 2 unspecified atom stereocenters. The standard InChI is InChI=1S/C20H20N4O2/c1-24(11-8-14-6-9-22-10-7-14)20(26)18-12-17(18)19(25)23-16-4-2-15(13-21)3-5-16/h2-7,9-10,17-18H,8,11-12H2,1H3,(H,23,25). The van der Waals surface area contributed by atoms with Crippen LogP contribution < -0.4 is 5.32 Å². The fourth-order valence-electron chi connectivity index (χ4n) is 2.86. The van der Waals surface area contributed by atoms with Crippen molar-refractivity contribution in [3.63, 3.8) is 0 Å². The van der Waals surface area contributed by atoms with E-state index in [1.807, 2.05) is 18.2 Å². The third kappa shape index (κ3) is 4.25. The molecule has 1 aromatic carbocycles. The van der Waals surface area contributed by atoms with Gasteiger partial charge in [0.05, 0.1) is 23.5 Å². The number of hydrogen-bond donors (Lipinski definition) is 1. The predicted molar refractivity (Wildman–Crippen MR) is 97.0 cm³/mol. The summed E-state index contributed by atoms with van der Waals surface area (Å²) in [6.45, 7) is 0.614. The number of aromatic nitrogens is 1. The number of likely N-dealkylation sites (N-methyl/N-ethyl adjacent to an activating group) is 1. The first kappa shape index (κ1) is 17.6. The number of benzene rings is 1. The van der Waals surface area contributed by atoms with Crippen LogP contribution in [0.1, 0.15) is 17.5 Å². The molecular formula is C20H20N4O2. The van der Waals surface area contributed by atoms with Crippen LogP contribution in [-0.4, -0.2) is 35.3 Å². The second kappa shape index (κ2) is 7.79. The maximum absolute atomic E-state index is 12.5. The lowest BCUT2D eigenvalue weighted by Crippen LogP contribution is -2.31. The van der Waals surface area contributed by atoms with Crippen LogP contribution in [0.2, 0.25) is 0 Å². The normalized spacial score (nSPS) is 17.8. The summed E-state index contributed by atoms with van der Waals surface area (Å²) in [7, 11) is 1.78. The van der Waals surface area contributed by atoms with E-state index in [2.05, 4.69) is 10.3 Å². The molecule has 1 aromatic heterocycles. The number of anilines is 1. The Balaban J connectivity index is 1.48. The molecule has 3 rings (SSSR count). The lowest BCUT2D eigenvalue weighted by atomic mass is 10.2. The van der Waals surface area contributed by atoms with Crippen molar-refractivity contribution < 1.29 is 9.59 Å². The topological polar surface area (TPSA) is 86.1 Å². The Morgan fingerprint density at radius 1 is 1.19 bits per heavy atom. The molecule has 1 fully saturated rings. The molecule has 1 aliphatic carbocycles. The van der Waals surface area contributed by atoms with Gasteiger partial charge in [0.2, 0.25) is 11.8 Å². The van der Waals surface area contributed by atoms with Crippen molar-refractivity contribution >= 4 is 17.5 Å². The van der Waals surface area contributed by atoms with Gasteiger partial charge in [-0.05, 0) is 54.8 Å². The van der Waals surface area contributed by atoms with E-state index >= 15 is 0 Å². The highest BCUT2D eigenvalue weighted by Gasteiger charge is 2.48. The van der Waals surface area contributed by atoms with Crippen LogP contribution in [-0.2, 0) is 16.0 Å². The zero-order chi connectivity index (χ0) is 18.5. The minimum absolute atomic E-state index is 0.0130. The van der Waals surface area contributed by atoms with Gasteiger partial charge in [0.15, 0.2) is 0 Å². The number of amides is 2. The molecular weight excluding hydrogens is 328 g/mol. The fourth-order valence-corrected chi connectivity index (χ4v) is 2.86. The Morgan fingerprint density at radius 2 is 1.88 bits per heavy atom. The molecule has 0 saturated heterocycles. The van der Waals surface area contributed by atoms with Gasteiger partial charge in [-0.2, -0.15) is 5.26 Å². The van der Waals surface area contributed by atoms with Gasteiger partial charge >= 0.3 is 0 Å². The largest absolute Gasteiger partial charge is 0.345 e. The number of hydrogen-bond acceptors (Lipinski definition) is 4. The van der Waals surface area contributed by atoms with Gasteiger partial charge in [-0.1, -0.05) is 0 Å². The molecule has 6 heteroatoms. The molecule has 1 N–H and O–H groups in total. The molecule has 0 radical (unpaired) electrons. The van der Waals surface area contributed by atoms with Crippen LogP contribution in [0.4, 0.5) is 5.69 Å². The van der Waals surface area contributed by atoms with Gasteiger partial charge in [0, 0.05) is 31.7 Å². The number of nitrogens with zero attached hydrogens (tertiary/aromatic N) is 3. The average Bonchev–Trinajstić information content (AvgIpc) is 3.48. The molecule has 2 amide bonds. The quantitative estimate of drug-likeness (QED) is 0.867. The minimum Gasteiger partial charge on any atom is -0.345 e. The Morgan fingerprint density at radius 3 is 2.54 bits per heavy atom. The lowest BCUT2D eigenvalue weighted by Gasteiger charge is -2.17. The molecule has 6 nitrogen and oxygen atoms in total. The van der Waals surface area contributed by atoms with Gasteiger partial charge in [0.25, 0.3) is 0 Å². The van der Waals surface area contributed by atoms with Crippen LogP contribution in [0.5, 0.6) is 0 Å². The number of carbonyl (C=O) groups is 2. The van der Waals surface area contributed by atoms with E-state index in [1.54, 1.807) is 48.6 Å². The van der Waals surface area contributed by atoms with Crippen LogP contribution in [0, 0.1) is 23.2 Å². The third-order valence-corrected chi connectivity index (χ3v) is 4.59. The van der Waals surface area contributed by atoms with E-state index in [1.165, 1.54) is 0 Å². The number of carbonyl (C=O) groups excluding carboxylic acids is 2. The molecule has 2 atom stereocenters. The Labute approximate surface area is 152 Å². The molecule has 1 saturated carbocycles. The van der Waals surface area contributed by atoms with Gasteiger partial charge in [-0.25, -0.2) is 0 Å². The number of rotatable bonds is 6. The average molecular weight is 348 g/mol. The van der Waals surface area contributed by atoms with E-state index in [9.17, 15) is 9.59 Å². The van der Waals surface area contributed by atoms with Crippen LogP contribution in [0.25, 0.3) is 0 Å². The maximum Gasteiger partial charge on any atom is 0.228 e. The third-order valence-electron chi connectivity index (χ3n) is 4.59. The predicted octanol–water partition coefficient (Wildman–Crippen LogP) is 2.23. The zero-order valence-electron chi connectivity index (χ0n) is 14.6. The van der Waals surface area contributed by atoms with Gasteiger partial charge < -0.3 is 10.2 Å². The molecule has 1 heterocycles. The number of nitriles is 1. The smallest absolute Gasteiger partial charge is 0.228 e. The van der Waals surface area contributed by atoms with E-state index in [0.29, 0.717) is 24.2 Å². The highest BCUT2D eigenvalue weighted by molar-refractivity contribution is 5.99.